The Morgan fingerprint density at radius 3 is 2.62 bits per heavy atom. The van der Waals surface area contributed by atoms with Gasteiger partial charge in [-0.1, -0.05) is 12.5 Å². The highest BCUT2D eigenvalue weighted by Gasteiger charge is 2.50. The van der Waals surface area contributed by atoms with Gasteiger partial charge in [0, 0.05) is 36.0 Å². The standard InChI is InChI=1S/C29H37N5O6/c1-15(2)31-28(38)25(35)21(12-16-10-11-30-26(16)36)33-27(37)24-18-7-4-6-17(18)14-34(24)29(39)22-13-19-20(32-22)8-5-9-23(19)40-3/h5,8-9,13,15-18,21,24,32H,4,6-7,10-12,14H2,1-3H3,(H,30,36)(H,31,38)(H,33,37). The van der Waals surface area contributed by atoms with Gasteiger partial charge >= 0.3 is 0 Å². The normalized spacial score (nSPS) is 24.6. The Balaban J connectivity index is 1.40. The number of ether oxygens (including phenoxy) is 1. The van der Waals surface area contributed by atoms with Gasteiger partial charge < -0.3 is 30.6 Å². The monoisotopic (exact) mass is 551 g/mol. The first-order valence-electron chi connectivity index (χ1n) is 14.1. The predicted octanol–water partition coefficient (Wildman–Crippen LogP) is 1.52. The van der Waals surface area contributed by atoms with Gasteiger partial charge in [-0.3, -0.25) is 24.0 Å². The van der Waals surface area contributed by atoms with Crippen molar-refractivity contribution >= 4 is 40.3 Å². The van der Waals surface area contributed by atoms with E-state index in [1.165, 1.54) is 0 Å². The molecule has 4 amide bonds. The van der Waals surface area contributed by atoms with Gasteiger partial charge in [-0.2, -0.15) is 0 Å². The van der Waals surface area contributed by atoms with E-state index >= 15 is 0 Å². The summed E-state index contributed by atoms with van der Waals surface area (Å²) in [5.74, 6) is -2.27. The highest BCUT2D eigenvalue weighted by atomic mass is 16.5. The van der Waals surface area contributed by atoms with E-state index in [2.05, 4.69) is 20.9 Å². The number of amides is 4. The lowest BCUT2D eigenvalue weighted by molar-refractivity contribution is -0.141. The molecule has 0 spiro atoms. The Labute approximate surface area is 232 Å². The molecule has 3 fully saturated rings. The van der Waals surface area contributed by atoms with Crippen LogP contribution in [0.5, 0.6) is 5.75 Å². The predicted molar refractivity (Wildman–Crippen MR) is 146 cm³/mol. The number of hydrogen-bond acceptors (Lipinski definition) is 6. The number of carbonyl (C=O) groups is 5. The van der Waals surface area contributed by atoms with E-state index in [-0.39, 0.29) is 36.1 Å². The SMILES string of the molecule is COc1cccc2[nH]c(C(=O)N3CC4CCCC4C3C(=O)NC(CC3CCNC3=O)C(=O)C(=O)NC(C)C)cc12. The Morgan fingerprint density at radius 1 is 1.12 bits per heavy atom. The molecule has 2 aliphatic heterocycles. The molecule has 0 bridgehead atoms. The summed E-state index contributed by atoms with van der Waals surface area (Å²) in [6.45, 7) is 4.40. The zero-order valence-electron chi connectivity index (χ0n) is 23.1. The summed E-state index contributed by atoms with van der Waals surface area (Å²) in [6.07, 6.45) is 3.22. The molecule has 1 aliphatic carbocycles. The van der Waals surface area contributed by atoms with Crippen LogP contribution in [0.25, 0.3) is 10.9 Å². The Hall–Kier alpha value is -3.89. The van der Waals surface area contributed by atoms with Crippen LogP contribution >= 0.6 is 0 Å². The van der Waals surface area contributed by atoms with E-state index in [1.807, 2.05) is 18.2 Å². The van der Waals surface area contributed by atoms with E-state index in [4.69, 9.17) is 4.74 Å². The number of nitrogens with one attached hydrogen (secondary N) is 4. The second-order valence-electron chi connectivity index (χ2n) is 11.4. The van der Waals surface area contributed by atoms with Crippen molar-refractivity contribution in [2.24, 2.45) is 17.8 Å². The molecule has 214 valence electrons. The molecule has 11 nitrogen and oxygen atoms in total. The molecule has 3 heterocycles. The van der Waals surface area contributed by atoms with Crippen LogP contribution in [0.1, 0.15) is 56.4 Å². The number of ketones is 1. The lowest BCUT2D eigenvalue weighted by Gasteiger charge is -2.29. The molecule has 0 radical (unpaired) electrons. The van der Waals surface area contributed by atoms with Crippen LogP contribution in [0.2, 0.25) is 0 Å². The molecule has 1 saturated carbocycles. The Morgan fingerprint density at radius 2 is 1.93 bits per heavy atom. The number of nitrogens with zero attached hydrogens (tertiary/aromatic N) is 1. The Bertz CT molecular complexity index is 1340. The van der Waals surface area contributed by atoms with Gasteiger partial charge in [0.05, 0.1) is 13.2 Å². The third-order valence-electron chi connectivity index (χ3n) is 8.45. The lowest BCUT2D eigenvalue weighted by atomic mass is 9.91. The zero-order chi connectivity index (χ0) is 28.6. The fraction of sp³-hybridized carbons (Fsp3) is 0.552. The summed E-state index contributed by atoms with van der Waals surface area (Å²) < 4.78 is 5.44. The van der Waals surface area contributed by atoms with Gasteiger partial charge in [-0.25, -0.2) is 0 Å². The van der Waals surface area contributed by atoms with E-state index < -0.39 is 35.6 Å². The summed E-state index contributed by atoms with van der Waals surface area (Å²) in [6, 6.07) is 5.02. The minimum Gasteiger partial charge on any atom is -0.496 e. The molecule has 2 aromatic rings. The topological polar surface area (TPSA) is 150 Å². The third kappa shape index (κ3) is 5.29. The van der Waals surface area contributed by atoms with Crippen molar-refractivity contribution in [3.05, 3.63) is 30.0 Å². The number of aromatic nitrogens is 1. The first kappa shape index (κ1) is 27.7. The van der Waals surface area contributed by atoms with Crippen molar-refractivity contribution < 1.29 is 28.7 Å². The summed E-state index contributed by atoms with van der Waals surface area (Å²) in [4.78, 5) is 70.6. The number of fused-ring (bicyclic) bond motifs is 2. The fourth-order valence-corrected chi connectivity index (χ4v) is 6.56. The third-order valence-corrected chi connectivity index (χ3v) is 8.45. The molecular formula is C29H37N5O6. The average Bonchev–Trinajstić information content (AvgIpc) is 3.70. The van der Waals surface area contributed by atoms with Gasteiger partial charge in [-0.05, 0) is 69.6 Å². The molecule has 5 unspecified atom stereocenters. The number of methoxy groups -OCH3 is 1. The second kappa shape index (κ2) is 11.3. The maximum atomic E-state index is 13.9. The van der Waals surface area contributed by atoms with Gasteiger partial charge in [0.25, 0.3) is 11.8 Å². The first-order chi connectivity index (χ1) is 19.2. The van der Waals surface area contributed by atoms with E-state index in [0.717, 1.165) is 30.2 Å². The molecule has 3 aliphatic rings. The van der Waals surface area contributed by atoms with Gasteiger partial charge in [0.1, 0.15) is 17.5 Å². The first-order valence-corrected chi connectivity index (χ1v) is 14.1. The molecular weight excluding hydrogens is 514 g/mol. The molecule has 40 heavy (non-hydrogen) atoms. The summed E-state index contributed by atoms with van der Waals surface area (Å²) >= 11 is 0. The molecule has 5 atom stereocenters. The van der Waals surface area contributed by atoms with E-state index in [1.54, 1.807) is 31.9 Å². The number of rotatable bonds is 9. The van der Waals surface area contributed by atoms with E-state index in [0.29, 0.717) is 31.0 Å². The van der Waals surface area contributed by atoms with Crippen LogP contribution in [0, 0.1) is 17.8 Å². The summed E-state index contributed by atoms with van der Waals surface area (Å²) in [5.41, 5.74) is 1.10. The quantitative estimate of drug-likeness (QED) is 0.347. The second-order valence-corrected chi connectivity index (χ2v) is 11.4. The van der Waals surface area contributed by atoms with Crippen LogP contribution in [0.4, 0.5) is 0 Å². The highest BCUT2D eigenvalue weighted by molar-refractivity contribution is 6.38. The number of carbonyl (C=O) groups excluding carboxylic acids is 5. The molecule has 5 rings (SSSR count). The minimum atomic E-state index is -1.17. The van der Waals surface area contributed by atoms with Crippen molar-refractivity contribution in [2.75, 3.05) is 20.2 Å². The van der Waals surface area contributed by atoms with Crippen LogP contribution < -0.4 is 20.7 Å². The molecule has 1 aromatic carbocycles. The summed E-state index contributed by atoms with van der Waals surface area (Å²) in [7, 11) is 1.57. The fourth-order valence-electron chi connectivity index (χ4n) is 6.56. The van der Waals surface area contributed by atoms with Crippen molar-refractivity contribution in [3.63, 3.8) is 0 Å². The average molecular weight is 552 g/mol. The van der Waals surface area contributed by atoms with Crippen molar-refractivity contribution in [2.45, 2.75) is 64.1 Å². The van der Waals surface area contributed by atoms with Crippen molar-refractivity contribution in [1.29, 1.82) is 0 Å². The maximum Gasteiger partial charge on any atom is 0.289 e. The highest BCUT2D eigenvalue weighted by Crippen LogP contribution is 2.43. The van der Waals surface area contributed by atoms with Crippen molar-refractivity contribution in [1.82, 2.24) is 25.8 Å². The van der Waals surface area contributed by atoms with Gasteiger partial charge in [-0.15, -0.1) is 0 Å². The molecule has 11 heteroatoms. The van der Waals surface area contributed by atoms with Crippen LogP contribution in [0.15, 0.2) is 24.3 Å². The number of Topliss-reactive ketones (excluding diaryl/α,β-unsaturated/α-hetero) is 1. The van der Waals surface area contributed by atoms with Crippen LogP contribution in [0.3, 0.4) is 0 Å². The van der Waals surface area contributed by atoms with Crippen LogP contribution in [-0.4, -0.2) is 77.6 Å². The number of likely N-dealkylation sites (tertiary alicyclic amines) is 1. The Kier molecular flexibility index (Phi) is 7.82. The minimum absolute atomic E-state index is 0.0263. The number of aromatic amines is 1. The number of H-pyrrole nitrogens is 1. The van der Waals surface area contributed by atoms with Gasteiger partial charge in [0.2, 0.25) is 17.6 Å². The van der Waals surface area contributed by atoms with Crippen molar-refractivity contribution in [3.8, 4) is 5.75 Å². The van der Waals surface area contributed by atoms with Gasteiger partial charge in [0.15, 0.2) is 0 Å². The molecule has 1 aromatic heterocycles. The zero-order valence-corrected chi connectivity index (χ0v) is 23.1. The smallest absolute Gasteiger partial charge is 0.289 e. The number of hydrogen-bond donors (Lipinski definition) is 4. The van der Waals surface area contributed by atoms with Crippen LogP contribution in [-0.2, 0) is 19.2 Å². The largest absolute Gasteiger partial charge is 0.496 e. The van der Waals surface area contributed by atoms with E-state index in [9.17, 15) is 24.0 Å². The summed E-state index contributed by atoms with van der Waals surface area (Å²) in [5, 5.41) is 8.90. The maximum absolute atomic E-state index is 13.9. The molecule has 4 N–H and O–H groups in total. The lowest BCUT2D eigenvalue weighted by Crippen LogP contribution is -2.55. The number of benzene rings is 1. The molecule has 2 saturated heterocycles.